The van der Waals surface area contributed by atoms with Crippen LogP contribution < -0.4 is 0 Å². The van der Waals surface area contributed by atoms with Gasteiger partial charge >= 0.3 is 39.5 Å². The second-order valence-electron chi connectivity index (χ2n) is 29.7. The fraction of sp³-hybridized carbons (Fsp3) is 0.948. The Morgan fingerprint density at radius 1 is 0.260 bits per heavy atom. The average molecular weight is 1410 g/mol. The van der Waals surface area contributed by atoms with E-state index in [-0.39, 0.29) is 25.7 Å². The molecule has 0 aromatic rings. The molecule has 0 aliphatic heterocycles. The van der Waals surface area contributed by atoms with E-state index in [2.05, 4.69) is 55.4 Å². The van der Waals surface area contributed by atoms with Gasteiger partial charge in [-0.2, -0.15) is 0 Å². The minimum Gasteiger partial charge on any atom is -0.462 e. The van der Waals surface area contributed by atoms with Crippen LogP contribution in [0.2, 0.25) is 0 Å². The fourth-order valence-corrected chi connectivity index (χ4v) is 13.3. The summed E-state index contributed by atoms with van der Waals surface area (Å²) in [6.07, 6.45) is 51.4. The zero-order chi connectivity index (χ0) is 71.0. The van der Waals surface area contributed by atoms with Crippen molar-refractivity contribution in [3.8, 4) is 0 Å². The molecule has 0 fully saturated rings. The molecule has 0 aliphatic carbocycles. The maximum atomic E-state index is 13.1. The topological polar surface area (TPSA) is 237 Å². The van der Waals surface area contributed by atoms with Crippen molar-refractivity contribution in [3.63, 3.8) is 0 Å². The second-order valence-corrected chi connectivity index (χ2v) is 32.6. The zero-order valence-electron chi connectivity index (χ0n) is 63.0. The Hall–Kier alpha value is -1.94. The number of carbonyl (C=O) groups excluding carboxylic acids is 4. The van der Waals surface area contributed by atoms with Gasteiger partial charge in [0.25, 0.3) is 0 Å². The number of phosphoric acid groups is 2. The lowest BCUT2D eigenvalue weighted by Crippen LogP contribution is -2.30. The van der Waals surface area contributed by atoms with Crippen molar-refractivity contribution in [2.75, 3.05) is 39.6 Å². The normalized spacial score (nSPS) is 14.1. The van der Waals surface area contributed by atoms with Gasteiger partial charge in [0.1, 0.15) is 19.3 Å². The van der Waals surface area contributed by atoms with Gasteiger partial charge in [-0.1, -0.05) is 338 Å². The predicted molar refractivity (Wildman–Crippen MR) is 391 cm³/mol. The number of ether oxygens (including phenoxy) is 4. The van der Waals surface area contributed by atoms with Crippen molar-refractivity contribution in [2.24, 2.45) is 23.7 Å². The van der Waals surface area contributed by atoms with E-state index in [4.69, 9.17) is 37.0 Å². The van der Waals surface area contributed by atoms with E-state index in [1.165, 1.54) is 186 Å². The third-order valence-corrected chi connectivity index (χ3v) is 19.7. The lowest BCUT2D eigenvalue weighted by Gasteiger charge is -2.21. The number of aliphatic hydroxyl groups excluding tert-OH is 1. The number of rotatable bonds is 74. The van der Waals surface area contributed by atoms with Gasteiger partial charge in [-0.25, -0.2) is 9.13 Å². The number of carbonyl (C=O) groups is 4. The third kappa shape index (κ3) is 70.5. The highest BCUT2D eigenvalue weighted by Gasteiger charge is 2.30. The van der Waals surface area contributed by atoms with Gasteiger partial charge in [-0.15, -0.1) is 0 Å². The van der Waals surface area contributed by atoms with Crippen LogP contribution in [-0.4, -0.2) is 96.7 Å². The van der Waals surface area contributed by atoms with Crippen LogP contribution in [0, 0.1) is 23.7 Å². The fourth-order valence-electron chi connectivity index (χ4n) is 11.7. The SMILES string of the molecule is CC(C)CCCCCCCCCCCCCCCCCC(=O)O[C@H](COC(=O)CCCCCCCCCCCCC(C)C)COP(=O)(O)OCC(O)COP(=O)(O)OC[C@@H](COC(=O)CCCCCCCCCC(C)C)OC(=O)CCCCCCCCCCCCCCC(C)C. The number of unbranched alkanes of at least 4 members (excludes halogenated alkanes) is 40. The van der Waals surface area contributed by atoms with E-state index in [0.717, 1.165) is 114 Å². The van der Waals surface area contributed by atoms with Crippen LogP contribution in [0.3, 0.4) is 0 Å². The first-order valence-corrected chi connectivity index (χ1v) is 42.7. The van der Waals surface area contributed by atoms with Crippen LogP contribution in [0.4, 0.5) is 0 Å². The summed E-state index contributed by atoms with van der Waals surface area (Å²) in [6.45, 7) is 14.2. The van der Waals surface area contributed by atoms with Gasteiger partial charge in [0, 0.05) is 25.7 Å². The van der Waals surface area contributed by atoms with E-state index in [1.807, 2.05) is 0 Å². The summed E-state index contributed by atoms with van der Waals surface area (Å²) in [6, 6.07) is 0. The van der Waals surface area contributed by atoms with Gasteiger partial charge in [0.05, 0.1) is 26.4 Å². The number of esters is 4. The molecule has 0 radical (unpaired) electrons. The zero-order valence-corrected chi connectivity index (χ0v) is 64.8. The quantitative estimate of drug-likeness (QED) is 0.0222. The molecule has 0 heterocycles. The number of phosphoric ester groups is 2. The minimum atomic E-state index is -4.96. The van der Waals surface area contributed by atoms with Gasteiger partial charge in [-0.05, 0) is 49.4 Å². The molecule has 3 unspecified atom stereocenters. The summed E-state index contributed by atoms with van der Waals surface area (Å²) < 4.78 is 68.6. The van der Waals surface area contributed by atoms with Gasteiger partial charge in [0.2, 0.25) is 0 Å². The number of hydrogen-bond acceptors (Lipinski definition) is 15. The second kappa shape index (κ2) is 66.3. The largest absolute Gasteiger partial charge is 0.472 e. The summed E-state index contributed by atoms with van der Waals surface area (Å²) in [7, 11) is -9.92. The molecule has 570 valence electrons. The van der Waals surface area contributed by atoms with Crippen molar-refractivity contribution in [1.29, 1.82) is 0 Å². The molecular formula is C77H150O17P2. The van der Waals surface area contributed by atoms with Crippen molar-refractivity contribution in [3.05, 3.63) is 0 Å². The molecule has 0 spiro atoms. The first-order chi connectivity index (χ1) is 46.1. The molecule has 0 saturated carbocycles. The molecule has 5 atom stereocenters. The van der Waals surface area contributed by atoms with E-state index in [1.54, 1.807) is 0 Å². The van der Waals surface area contributed by atoms with E-state index >= 15 is 0 Å². The van der Waals surface area contributed by atoms with Crippen LogP contribution in [-0.2, 0) is 65.4 Å². The molecule has 96 heavy (non-hydrogen) atoms. The Labute approximate surface area is 588 Å². The van der Waals surface area contributed by atoms with Crippen LogP contribution in [0.15, 0.2) is 0 Å². The number of hydrogen-bond donors (Lipinski definition) is 3. The Balaban J connectivity index is 5.25. The van der Waals surface area contributed by atoms with Gasteiger partial charge in [0.15, 0.2) is 12.2 Å². The van der Waals surface area contributed by atoms with Gasteiger partial charge < -0.3 is 33.8 Å². The highest BCUT2D eigenvalue weighted by atomic mass is 31.2. The van der Waals surface area contributed by atoms with E-state index in [0.29, 0.717) is 31.6 Å². The average Bonchev–Trinajstić information content (AvgIpc) is 1.62. The highest BCUT2D eigenvalue weighted by molar-refractivity contribution is 7.47. The summed E-state index contributed by atoms with van der Waals surface area (Å²) in [5.74, 6) is 0.923. The van der Waals surface area contributed by atoms with E-state index in [9.17, 15) is 43.2 Å². The molecule has 0 aromatic heterocycles. The Bertz CT molecular complexity index is 1880. The Kier molecular flexibility index (Phi) is 65.0. The van der Waals surface area contributed by atoms with Crippen LogP contribution >= 0.6 is 15.6 Å². The molecule has 0 saturated heterocycles. The van der Waals surface area contributed by atoms with Crippen LogP contribution in [0.25, 0.3) is 0 Å². The monoisotopic (exact) mass is 1410 g/mol. The van der Waals surface area contributed by atoms with Crippen molar-refractivity contribution < 1.29 is 80.2 Å². The molecule has 3 N–H and O–H groups in total. The molecule has 0 rings (SSSR count). The lowest BCUT2D eigenvalue weighted by molar-refractivity contribution is -0.161. The first-order valence-electron chi connectivity index (χ1n) is 39.7. The van der Waals surface area contributed by atoms with Crippen molar-refractivity contribution >= 4 is 39.5 Å². The van der Waals surface area contributed by atoms with E-state index < -0.39 is 97.5 Å². The number of aliphatic hydroxyl groups is 1. The standard InChI is InChI=1S/C77H150O17P2/c1-67(2)53-45-37-29-22-16-12-10-9-11-13-18-26-34-43-51-59-76(81)93-72(63-87-74(79)57-49-41-33-25-21-20-24-31-39-47-55-69(5)6)65-91-95(83,84)89-61-71(78)62-90-96(85,86)92-66-73(64-88-75(80)58-50-42-36-28-32-40-48-56-70(7)8)94-77(82)60-52-44-35-27-19-15-14-17-23-30-38-46-54-68(3)4/h67-73,78H,9-66H2,1-8H3,(H,83,84)(H,85,86)/t71?,72-,73-/m1/s1. The maximum absolute atomic E-state index is 13.1. The Morgan fingerprint density at radius 3 is 0.646 bits per heavy atom. The molecule has 0 bridgehead atoms. The summed E-state index contributed by atoms with van der Waals surface area (Å²) in [5.41, 5.74) is 0. The molecular weight excluding hydrogens is 1260 g/mol. The maximum Gasteiger partial charge on any atom is 0.472 e. The highest BCUT2D eigenvalue weighted by Crippen LogP contribution is 2.45. The molecule has 0 aromatic carbocycles. The third-order valence-electron chi connectivity index (χ3n) is 17.8. The van der Waals surface area contributed by atoms with Crippen molar-refractivity contribution in [1.82, 2.24) is 0 Å². The molecule has 0 amide bonds. The Morgan fingerprint density at radius 2 is 0.438 bits per heavy atom. The van der Waals surface area contributed by atoms with Crippen LogP contribution in [0.1, 0.15) is 389 Å². The van der Waals surface area contributed by atoms with Crippen LogP contribution in [0.5, 0.6) is 0 Å². The molecule has 0 aliphatic rings. The van der Waals surface area contributed by atoms with Gasteiger partial charge in [-0.3, -0.25) is 37.3 Å². The predicted octanol–water partition coefficient (Wildman–Crippen LogP) is 22.4. The summed E-state index contributed by atoms with van der Waals surface area (Å²) >= 11 is 0. The molecule has 17 nitrogen and oxygen atoms in total. The first kappa shape index (κ1) is 94.1. The van der Waals surface area contributed by atoms with Crippen molar-refractivity contribution in [2.45, 2.75) is 408 Å². The smallest absolute Gasteiger partial charge is 0.462 e. The minimum absolute atomic E-state index is 0.106. The molecule has 19 heteroatoms. The lowest BCUT2D eigenvalue weighted by atomic mass is 10.0. The summed E-state index contributed by atoms with van der Waals surface area (Å²) in [4.78, 5) is 72.9. The summed E-state index contributed by atoms with van der Waals surface area (Å²) in [5, 5.41) is 10.6.